The molecule has 472 valence electrons. The second kappa shape index (κ2) is 28.4. The summed E-state index contributed by atoms with van der Waals surface area (Å²) in [5.41, 5.74) is 33.8. The number of hydrogen-bond acceptors (Lipinski definition) is 3. The summed E-state index contributed by atoms with van der Waals surface area (Å²) in [5, 5.41) is 0. The summed E-state index contributed by atoms with van der Waals surface area (Å²) in [5.74, 6) is 0.598. The van der Waals surface area contributed by atoms with E-state index in [0.29, 0.717) is 5.92 Å². The van der Waals surface area contributed by atoms with Gasteiger partial charge in [0.05, 0.1) is 0 Å². The molecule has 3 heteroatoms. The van der Waals surface area contributed by atoms with Crippen molar-refractivity contribution in [1.82, 2.24) is 0 Å². The van der Waals surface area contributed by atoms with Crippen LogP contribution in [0.25, 0.3) is 22.3 Å². The molecule has 11 aromatic carbocycles. The first-order valence-corrected chi connectivity index (χ1v) is 34.3. The van der Waals surface area contributed by atoms with E-state index in [0.717, 1.165) is 12.8 Å². The fraction of sp³-hybridized carbons (Fsp3) is 0.267. The molecule has 1 unspecified atom stereocenters. The highest BCUT2D eigenvalue weighted by Gasteiger charge is 2.38. The average Bonchev–Trinajstić information content (AvgIpc) is 1.59. The van der Waals surface area contributed by atoms with Gasteiger partial charge >= 0.3 is 0 Å². The van der Waals surface area contributed by atoms with Crippen LogP contribution < -0.4 is 14.7 Å². The monoisotopic (exact) mass is 1220 g/mol. The number of benzene rings is 11. The Morgan fingerprint density at radius 1 is 0.280 bits per heavy atom. The Labute approximate surface area is 558 Å². The molecule has 13 rings (SSSR count). The fourth-order valence-corrected chi connectivity index (χ4v) is 13.6. The molecule has 0 spiro atoms. The highest BCUT2D eigenvalue weighted by molar-refractivity contribution is 5.89. The summed E-state index contributed by atoms with van der Waals surface area (Å²) in [4.78, 5) is 7.15. The lowest BCUT2D eigenvalue weighted by molar-refractivity contribution is 0.659. The van der Waals surface area contributed by atoms with E-state index in [1.807, 2.05) is 0 Å². The molecule has 3 nitrogen and oxygen atoms in total. The molecule has 0 saturated carbocycles. The minimum absolute atomic E-state index is 0.142. The van der Waals surface area contributed by atoms with Crippen LogP contribution in [0, 0.1) is 41.5 Å². The van der Waals surface area contributed by atoms with Crippen LogP contribution in [0.5, 0.6) is 0 Å². The lowest BCUT2D eigenvalue weighted by Crippen LogP contribution is -2.17. The van der Waals surface area contributed by atoms with E-state index in [9.17, 15) is 0 Å². The maximum absolute atomic E-state index is 2.44. The first kappa shape index (κ1) is 65.3. The number of nitrogens with zero attached hydrogens (tertiary/aromatic N) is 3. The SMILES string of the molecule is CCC(C)c1ccc(N(c2ccc(C)cc2)c2ccc(C)cc2)cc1.CCCCc1ccc(N(c2ccc(C)cc2)c2ccc3c(c2)C(C)(C)c2cc(N(c4ccc(C)cc4)c4ccc(CCCC)cc4)ccc2-3)cc1.Cc1ccc2c(c1)C(C)(C)c1cc(C)ccc1-2. The summed E-state index contributed by atoms with van der Waals surface area (Å²) in [6, 6.07) is 90.5. The van der Waals surface area contributed by atoms with E-state index >= 15 is 0 Å². The Kier molecular flexibility index (Phi) is 19.9. The molecule has 0 saturated heterocycles. The van der Waals surface area contributed by atoms with Crippen molar-refractivity contribution in [3.05, 3.63) is 315 Å². The molecule has 11 aromatic rings. The molecular formula is C90H97N3. The first-order valence-electron chi connectivity index (χ1n) is 34.3. The van der Waals surface area contributed by atoms with Gasteiger partial charge in [-0.3, -0.25) is 0 Å². The highest BCUT2D eigenvalue weighted by Crippen LogP contribution is 2.53. The Hall–Kier alpha value is -9.18. The Morgan fingerprint density at radius 3 is 0.806 bits per heavy atom. The van der Waals surface area contributed by atoms with Gasteiger partial charge in [-0.2, -0.15) is 0 Å². The number of rotatable bonds is 17. The summed E-state index contributed by atoms with van der Waals surface area (Å²) in [7, 11) is 0. The van der Waals surface area contributed by atoms with E-state index in [4.69, 9.17) is 0 Å². The number of unbranched alkanes of at least 4 members (excludes halogenated alkanes) is 2. The molecule has 0 fully saturated rings. The number of anilines is 9. The summed E-state index contributed by atoms with van der Waals surface area (Å²) >= 11 is 0. The Balaban J connectivity index is 0.000000172. The Morgan fingerprint density at radius 2 is 0.516 bits per heavy atom. The second-order valence-electron chi connectivity index (χ2n) is 27.6. The zero-order chi connectivity index (χ0) is 65.6. The number of hydrogen-bond donors (Lipinski definition) is 0. The van der Waals surface area contributed by atoms with Crippen molar-refractivity contribution in [3.63, 3.8) is 0 Å². The van der Waals surface area contributed by atoms with E-state index < -0.39 is 0 Å². The molecular weight excluding hydrogens is 1120 g/mol. The molecule has 0 N–H and O–H groups in total. The molecule has 0 radical (unpaired) electrons. The van der Waals surface area contributed by atoms with E-state index in [2.05, 4.69) is 354 Å². The summed E-state index contributed by atoms with van der Waals surface area (Å²) < 4.78 is 0. The van der Waals surface area contributed by atoms with Crippen molar-refractivity contribution in [3.8, 4) is 22.3 Å². The molecule has 0 aliphatic heterocycles. The predicted octanol–water partition coefficient (Wildman–Crippen LogP) is 26.1. The van der Waals surface area contributed by atoms with Gasteiger partial charge < -0.3 is 14.7 Å². The van der Waals surface area contributed by atoms with Crippen LogP contribution in [0.2, 0.25) is 0 Å². The van der Waals surface area contributed by atoms with Crippen LogP contribution in [0.1, 0.15) is 166 Å². The van der Waals surface area contributed by atoms with Gasteiger partial charge in [0.1, 0.15) is 0 Å². The Bertz CT molecular complexity index is 4050. The summed E-state index contributed by atoms with van der Waals surface area (Å²) in [6.45, 7) is 31.4. The minimum Gasteiger partial charge on any atom is -0.311 e. The van der Waals surface area contributed by atoms with Crippen molar-refractivity contribution in [2.24, 2.45) is 0 Å². The zero-order valence-electron chi connectivity index (χ0n) is 58.0. The molecule has 0 aromatic heterocycles. The summed E-state index contributed by atoms with van der Waals surface area (Å²) in [6.07, 6.45) is 8.28. The molecule has 0 heterocycles. The van der Waals surface area contributed by atoms with Crippen molar-refractivity contribution in [2.45, 2.75) is 159 Å². The normalized spacial score (nSPS) is 13.1. The molecule has 93 heavy (non-hydrogen) atoms. The molecule has 2 aliphatic rings. The van der Waals surface area contributed by atoms with Gasteiger partial charge in [-0.1, -0.05) is 235 Å². The van der Waals surface area contributed by atoms with Crippen molar-refractivity contribution in [1.29, 1.82) is 0 Å². The number of fused-ring (bicyclic) bond motifs is 6. The van der Waals surface area contributed by atoms with Gasteiger partial charge in [-0.05, 0) is 250 Å². The maximum Gasteiger partial charge on any atom is 0.0465 e. The van der Waals surface area contributed by atoms with Crippen molar-refractivity contribution in [2.75, 3.05) is 14.7 Å². The first-order chi connectivity index (χ1) is 44.8. The van der Waals surface area contributed by atoms with Crippen LogP contribution in [-0.4, -0.2) is 0 Å². The zero-order valence-corrected chi connectivity index (χ0v) is 58.0. The lowest BCUT2D eigenvalue weighted by Gasteiger charge is -2.29. The third kappa shape index (κ3) is 14.3. The van der Waals surface area contributed by atoms with Crippen LogP contribution in [0.15, 0.2) is 243 Å². The third-order valence-electron chi connectivity index (χ3n) is 19.7. The smallest absolute Gasteiger partial charge is 0.0465 e. The van der Waals surface area contributed by atoms with Gasteiger partial charge in [0, 0.05) is 62.0 Å². The highest BCUT2D eigenvalue weighted by atomic mass is 15.2. The van der Waals surface area contributed by atoms with Gasteiger partial charge in [-0.15, -0.1) is 0 Å². The molecule has 0 bridgehead atoms. The van der Waals surface area contributed by atoms with E-state index in [-0.39, 0.29) is 10.8 Å². The van der Waals surface area contributed by atoms with Gasteiger partial charge in [-0.25, -0.2) is 0 Å². The molecule has 2 aliphatic carbocycles. The van der Waals surface area contributed by atoms with Crippen molar-refractivity contribution >= 4 is 51.2 Å². The van der Waals surface area contributed by atoms with Gasteiger partial charge in [0.2, 0.25) is 0 Å². The largest absolute Gasteiger partial charge is 0.311 e. The van der Waals surface area contributed by atoms with Crippen molar-refractivity contribution < 1.29 is 0 Å². The minimum atomic E-state index is -0.178. The van der Waals surface area contributed by atoms with E-state index in [1.165, 1.54) is 178 Å². The van der Waals surface area contributed by atoms with Gasteiger partial charge in [0.15, 0.2) is 0 Å². The predicted molar refractivity (Wildman–Crippen MR) is 403 cm³/mol. The van der Waals surface area contributed by atoms with Crippen LogP contribution >= 0.6 is 0 Å². The van der Waals surface area contributed by atoms with Crippen LogP contribution in [-0.2, 0) is 23.7 Å². The van der Waals surface area contributed by atoms with E-state index in [1.54, 1.807) is 0 Å². The maximum atomic E-state index is 2.44. The second-order valence-corrected chi connectivity index (χ2v) is 27.6. The number of aryl methyl sites for hydroxylation is 8. The van der Waals surface area contributed by atoms with Crippen LogP contribution in [0.4, 0.5) is 51.2 Å². The average molecular weight is 1220 g/mol. The standard InChI is InChI=1S/C49H52N2.C24H27N.C17H18/c1-7-9-11-37-17-25-41(26-18-37)50(39-21-13-35(3)14-22-39)43-29-31-45-46-32-30-44(34-48(46)49(5,6)47(45)33-43)51(40-23-15-36(4)16-24-40)42-27-19-38(20-28-42)12-10-8-2;1-5-20(4)21-10-16-24(17-11-21)25(22-12-6-18(2)7-13-22)23-14-8-19(3)9-15-23;1-11-5-7-13-14-8-6-12(2)10-16(14)17(3,4)15(13)9-11/h13-34H,7-12H2,1-6H3;6-17,20H,5H2,1-4H3;5-10H,1-4H3. The fourth-order valence-electron chi connectivity index (χ4n) is 13.6. The quantitative estimate of drug-likeness (QED) is 0.0900. The molecule has 1 atom stereocenters. The lowest BCUT2D eigenvalue weighted by atomic mass is 9.81. The topological polar surface area (TPSA) is 9.72 Å². The third-order valence-corrected chi connectivity index (χ3v) is 19.7. The molecule has 0 amide bonds. The van der Waals surface area contributed by atoms with Crippen LogP contribution in [0.3, 0.4) is 0 Å². The van der Waals surface area contributed by atoms with Gasteiger partial charge in [0.25, 0.3) is 0 Å².